The summed E-state index contributed by atoms with van der Waals surface area (Å²) >= 11 is 0. The van der Waals surface area contributed by atoms with Crippen LogP contribution in [0.4, 0.5) is 0 Å². The lowest BCUT2D eigenvalue weighted by Gasteiger charge is -2.13. The first-order valence-electron chi connectivity index (χ1n) is 7.24. The maximum atomic E-state index is 4.52. The minimum atomic E-state index is 1.01. The molecule has 0 fully saturated rings. The smallest absolute Gasteiger partial charge is 0.0987 e. The minimum Gasteiger partial charge on any atom is -0.362 e. The van der Waals surface area contributed by atoms with Gasteiger partial charge in [0.15, 0.2) is 0 Å². The second kappa shape index (κ2) is 9.26. The Morgan fingerprint density at radius 3 is 2.59 bits per heavy atom. The molecule has 0 unspecified atom stereocenters. The summed E-state index contributed by atoms with van der Waals surface area (Å²) in [6.07, 6.45) is 15.0. The maximum absolute atomic E-state index is 4.52. The van der Waals surface area contributed by atoms with Gasteiger partial charge in [-0.15, -0.1) is 0 Å². The van der Waals surface area contributed by atoms with Crippen molar-refractivity contribution in [1.29, 1.82) is 0 Å². The molecule has 2 heteroatoms. The average molecular weight is 236 g/mol. The number of amidine groups is 1. The summed E-state index contributed by atoms with van der Waals surface area (Å²) < 4.78 is 0. The van der Waals surface area contributed by atoms with Crippen molar-refractivity contribution in [3.8, 4) is 0 Å². The number of allylic oxidation sites excluding steroid dienone is 2. The maximum Gasteiger partial charge on any atom is 0.0987 e. The molecule has 0 amide bonds. The van der Waals surface area contributed by atoms with Crippen LogP contribution in [0.3, 0.4) is 0 Å². The Hall–Kier alpha value is -0.790. The summed E-state index contributed by atoms with van der Waals surface area (Å²) in [5.41, 5.74) is 0. The molecule has 0 radical (unpaired) electrons. The van der Waals surface area contributed by atoms with Crippen LogP contribution in [0.1, 0.15) is 58.3 Å². The molecule has 0 spiro atoms. The first kappa shape index (κ1) is 14.3. The summed E-state index contributed by atoms with van der Waals surface area (Å²) in [6, 6.07) is 0. The van der Waals surface area contributed by atoms with Crippen LogP contribution in [0.5, 0.6) is 0 Å². The fraction of sp³-hybridized carbons (Fsp3) is 0.800. The highest BCUT2D eigenvalue weighted by Gasteiger charge is 2.10. The van der Waals surface area contributed by atoms with Crippen molar-refractivity contribution >= 4 is 5.84 Å². The molecule has 0 atom stereocenters. The molecule has 0 aromatic heterocycles. The van der Waals surface area contributed by atoms with Crippen molar-refractivity contribution < 1.29 is 0 Å². The lowest BCUT2D eigenvalue weighted by Crippen LogP contribution is -2.22. The standard InChI is InChI=1S/C15H28N2/c1-3-4-5-6-7-8-9-10-11-12-15-16-13-14-17(15)2/h4-5H,3,6-14H2,1-2H3/b5-4+. The quantitative estimate of drug-likeness (QED) is 0.436. The van der Waals surface area contributed by atoms with Crippen molar-refractivity contribution in [3.05, 3.63) is 12.2 Å². The van der Waals surface area contributed by atoms with Gasteiger partial charge in [-0.25, -0.2) is 0 Å². The van der Waals surface area contributed by atoms with Crippen molar-refractivity contribution in [2.45, 2.75) is 58.3 Å². The number of rotatable bonds is 9. The van der Waals surface area contributed by atoms with Gasteiger partial charge in [0.1, 0.15) is 0 Å². The van der Waals surface area contributed by atoms with Crippen molar-refractivity contribution in [2.75, 3.05) is 20.1 Å². The Labute approximate surface area is 107 Å². The second-order valence-corrected chi connectivity index (χ2v) is 4.91. The van der Waals surface area contributed by atoms with E-state index >= 15 is 0 Å². The third-order valence-corrected chi connectivity index (χ3v) is 3.34. The predicted octanol–water partition coefficient (Wildman–Crippen LogP) is 4.03. The molecule has 0 N–H and O–H groups in total. The van der Waals surface area contributed by atoms with E-state index in [0.717, 1.165) is 13.1 Å². The zero-order valence-electron chi connectivity index (χ0n) is 11.6. The molecule has 1 heterocycles. The van der Waals surface area contributed by atoms with E-state index in [1.807, 2.05) is 0 Å². The van der Waals surface area contributed by atoms with Crippen LogP contribution in [-0.4, -0.2) is 30.9 Å². The van der Waals surface area contributed by atoms with Gasteiger partial charge in [-0.3, -0.25) is 4.99 Å². The van der Waals surface area contributed by atoms with Crippen LogP contribution >= 0.6 is 0 Å². The van der Waals surface area contributed by atoms with Crippen LogP contribution in [0.15, 0.2) is 17.1 Å². The molecular weight excluding hydrogens is 208 g/mol. The number of unbranched alkanes of at least 4 members (excludes halogenated alkanes) is 5. The van der Waals surface area contributed by atoms with Crippen LogP contribution in [0.25, 0.3) is 0 Å². The molecule has 1 rings (SSSR count). The zero-order chi connectivity index (χ0) is 12.3. The van der Waals surface area contributed by atoms with Crippen LogP contribution in [-0.2, 0) is 0 Å². The molecule has 98 valence electrons. The lowest BCUT2D eigenvalue weighted by molar-refractivity contribution is 0.535. The molecule has 0 saturated heterocycles. The Morgan fingerprint density at radius 2 is 1.88 bits per heavy atom. The van der Waals surface area contributed by atoms with Crippen molar-refractivity contribution in [2.24, 2.45) is 4.99 Å². The van der Waals surface area contributed by atoms with Gasteiger partial charge >= 0.3 is 0 Å². The molecule has 0 aromatic rings. The Balaban J connectivity index is 1.86. The van der Waals surface area contributed by atoms with E-state index in [9.17, 15) is 0 Å². The zero-order valence-corrected chi connectivity index (χ0v) is 11.6. The normalized spacial score (nSPS) is 15.9. The van der Waals surface area contributed by atoms with Gasteiger partial charge in [0.25, 0.3) is 0 Å². The van der Waals surface area contributed by atoms with E-state index in [1.54, 1.807) is 0 Å². The van der Waals surface area contributed by atoms with Crippen LogP contribution < -0.4 is 0 Å². The largest absolute Gasteiger partial charge is 0.362 e. The van der Waals surface area contributed by atoms with E-state index < -0.39 is 0 Å². The highest BCUT2D eigenvalue weighted by molar-refractivity contribution is 5.83. The fourth-order valence-corrected chi connectivity index (χ4v) is 2.21. The number of likely N-dealkylation sites (N-methyl/N-ethyl adjacent to an activating group) is 1. The SMILES string of the molecule is CC/C=C/CCCCCCCC1=NCCN1C. The van der Waals surface area contributed by atoms with E-state index in [-0.39, 0.29) is 0 Å². The fourth-order valence-electron chi connectivity index (χ4n) is 2.21. The number of hydrogen-bond acceptors (Lipinski definition) is 2. The predicted molar refractivity (Wildman–Crippen MR) is 76.7 cm³/mol. The topological polar surface area (TPSA) is 15.6 Å². The Kier molecular flexibility index (Phi) is 7.78. The number of nitrogens with zero attached hydrogens (tertiary/aromatic N) is 2. The second-order valence-electron chi connectivity index (χ2n) is 4.91. The number of aliphatic imine (C=N–C) groups is 1. The van der Waals surface area contributed by atoms with Gasteiger partial charge in [-0.05, 0) is 25.7 Å². The van der Waals surface area contributed by atoms with Gasteiger partial charge < -0.3 is 4.90 Å². The van der Waals surface area contributed by atoms with Crippen LogP contribution in [0.2, 0.25) is 0 Å². The first-order valence-corrected chi connectivity index (χ1v) is 7.24. The van der Waals surface area contributed by atoms with E-state index in [0.29, 0.717) is 0 Å². The monoisotopic (exact) mass is 236 g/mol. The van der Waals surface area contributed by atoms with Crippen LogP contribution in [0, 0.1) is 0 Å². The lowest BCUT2D eigenvalue weighted by atomic mass is 10.1. The molecule has 17 heavy (non-hydrogen) atoms. The molecule has 2 nitrogen and oxygen atoms in total. The van der Waals surface area contributed by atoms with Crippen molar-refractivity contribution in [3.63, 3.8) is 0 Å². The molecule has 0 saturated carbocycles. The summed E-state index contributed by atoms with van der Waals surface area (Å²) in [7, 11) is 2.16. The Bertz CT molecular complexity index is 243. The number of hydrogen-bond donors (Lipinski definition) is 0. The molecule has 1 aliphatic heterocycles. The minimum absolute atomic E-state index is 1.01. The van der Waals surface area contributed by atoms with E-state index in [1.165, 1.54) is 57.2 Å². The van der Waals surface area contributed by atoms with Gasteiger partial charge in [-0.2, -0.15) is 0 Å². The molecule has 0 aromatic carbocycles. The van der Waals surface area contributed by atoms with E-state index in [4.69, 9.17) is 0 Å². The Morgan fingerprint density at radius 1 is 1.12 bits per heavy atom. The van der Waals surface area contributed by atoms with Gasteiger partial charge in [0.2, 0.25) is 0 Å². The van der Waals surface area contributed by atoms with Gasteiger partial charge in [0, 0.05) is 20.0 Å². The molecular formula is C15H28N2. The van der Waals surface area contributed by atoms with E-state index in [2.05, 4.69) is 36.0 Å². The highest BCUT2D eigenvalue weighted by Crippen LogP contribution is 2.11. The molecule has 0 bridgehead atoms. The van der Waals surface area contributed by atoms with Crippen molar-refractivity contribution in [1.82, 2.24) is 4.90 Å². The summed E-state index contributed by atoms with van der Waals surface area (Å²) in [6.45, 7) is 4.33. The highest BCUT2D eigenvalue weighted by atomic mass is 15.2. The third-order valence-electron chi connectivity index (χ3n) is 3.34. The molecule has 0 aliphatic carbocycles. The average Bonchev–Trinajstić information content (AvgIpc) is 2.73. The summed E-state index contributed by atoms with van der Waals surface area (Å²) in [4.78, 5) is 6.82. The summed E-state index contributed by atoms with van der Waals surface area (Å²) in [5.74, 6) is 1.33. The van der Waals surface area contributed by atoms with Gasteiger partial charge in [0.05, 0.1) is 12.4 Å². The first-order chi connectivity index (χ1) is 8.34. The molecule has 1 aliphatic rings. The summed E-state index contributed by atoms with van der Waals surface area (Å²) in [5, 5.41) is 0. The van der Waals surface area contributed by atoms with Gasteiger partial charge in [-0.1, -0.05) is 38.3 Å². The third kappa shape index (κ3) is 6.50.